The van der Waals surface area contributed by atoms with Gasteiger partial charge in [0.2, 0.25) is 0 Å². The smallest absolute Gasteiger partial charge is 0.278 e. The zero-order valence-corrected chi connectivity index (χ0v) is 17.9. The summed E-state index contributed by atoms with van der Waals surface area (Å²) in [6, 6.07) is 20.7. The lowest BCUT2D eigenvalue weighted by atomic mass is 10.0. The Bertz CT molecular complexity index is 1200. The van der Waals surface area contributed by atoms with Gasteiger partial charge in [0, 0.05) is 17.3 Å². The van der Waals surface area contributed by atoms with E-state index in [4.69, 9.17) is 4.74 Å². The number of nitrogens with zero attached hydrogens (tertiary/aromatic N) is 1. The average molecular weight is 430 g/mol. The highest BCUT2D eigenvalue weighted by molar-refractivity contribution is 6.36. The van der Waals surface area contributed by atoms with Crippen LogP contribution in [0.25, 0.3) is 5.57 Å². The maximum Gasteiger partial charge on any atom is 0.278 e. The number of carbonyl (C=O) groups is 2. The standard InChI is InChI=1S/C26H23FN2O3/c1-3-32-21-9-6-8-20(15-21)28-24-23(18-13-11-17(2)12-14-18)25(30)29(26(24)31)16-19-7-4-5-10-22(19)27/h4-15,28H,3,16H2,1-2H3. The summed E-state index contributed by atoms with van der Waals surface area (Å²) in [6.45, 7) is 4.19. The van der Waals surface area contributed by atoms with Crippen LogP contribution in [0.3, 0.4) is 0 Å². The van der Waals surface area contributed by atoms with E-state index < -0.39 is 17.6 Å². The van der Waals surface area contributed by atoms with Gasteiger partial charge in [-0.15, -0.1) is 0 Å². The van der Waals surface area contributed by atoms with Crippen molar-refractivity contribution in [1.82, 2.24) is 4.90 Å². The highest BCUT2D eigenvalue weighted by Gasteiger charge is 2.39. The molecule has 1 N–H and O–H groups in total. The molecule has 0 aliphatic carbocycles. The van der Waals surface area contributed by atoms with Gasteiger partial charge in [-0.2, -0.15) is 0 Å². The largest absolute Gasteiger partial charge is 0.494 e. The van der Waals surface area contributed by atoms with Gasteiger partial charge in [0.25, 0.3) is 11.8 Å². The van der Waals surface area contributed by atoms with Crippen molar-refractivity contribution in [3.05, 3.63) is 101 Å². The van der Waals surface area contributed by atoms with Crippen LogP contribution in [0.1, 0.15) is 23.6 Å². The number of hydrogen-bond donors (Lipinski definition) is 1. The molecular weight excluding hydrogens is 407 g/mol. The third-order valence-electron chi connectivity index (χ3n) is 5.21. The molecular formula is C26H23FN2O3. The maximum absolute atomic E-state index is 14.2. The molecule has 0 spiro atoms. The van der Waals surface area contributed by atoms with E-state index >= 15 is 0 Å². The molecule has 162 valence electrons. The van der Waals surface area contributed by atoms with E-state index in [1.54, 1.807) is 48.5 Å². The molecule has 0 radical (unpaired) electrons. The number of aryl methyl sites for hydroxylation is 1. The molecule has 0 aromatic heterocycles. The van der Waals surface area contributed by atoms with Gasteiger partial charge >= 0.3 is 0 Å². The Kier molecular flexibility index (Phi) is 6.03. The van der Waals surface area contributed by atoms with E-state index in [0.29, 0.717) is 23.6 Å². The van der Waals surface area contributed by atoms with Gasteiger partial charge < -0.3 is 10.1 Å². The number of ether oxygens (including phenoxy) is 1. The predicted molar refractivity (Wildman–Crippen MR) is 121 cm³/mol. The van der Waals surface area contributed by atoms with E-state index in [1.807, 2.05) is 32.0 Å². The lowest BCUT2D eigenvalue weighted by Gasteiger charge is -2.16. The Balaban J connectivity index is 1.73. The van der Waals surface area contributed by atoms with Crippen LogP contribution in [0.5, 0.6) is 5.75 Å². The second-order valence-corrected chi connectivity index (χ2v) is 7.49. The molecule has 5 nitrogen and oxygen atoms in total. The summed E-state index contributed by atoms with van der Waals surface area (Å²) >= 11 is 0. The van der Waals surface area contributed by atoms with Crippen LogP contribution in [0.15, 0.2) is 78.5 Å². The number of benzene rings is 3. The molecule has 0 bridgehead atoms. The van der Waals surface area contributed by atoms with Crippen LogP contribution in [0, 0.1) is 12.7 Å². The Morgan fingerprint density at radius 1 is 0.938 bits per heavy atom. The van der Waals surface area contributed by atoms with E-state index in [9.17, 15) is 14.0 Å². The topological polar surface area (TPSA) is 58.6 Å². The third kappa shape index (κ3) is 4.25. The van der Waals surface area contributed by atoms with Crippen molar-refractivity contribution in [2.75, 3.05) is 11.9 Å². The highest BCUT2D eigenvalue weighted by Crippen LogP contribution is 2.32. The number of anilines is 1. The van der Waals surface area contributed by atoms with E-state index in [-0.39, 0.29) is 23.4 Å². The molecule has 2 amide bonds. The summed E-state index contributed by atoms with van der Waals surface area (Å²) in [5.41, 5.74) is 2.96. The van der Waals surface area contributed by atoms with Crippen molar-refractivity contribution in [2.24, 2.45) is 0 Å². The number of carbonyl (C=O) groups excluding carboxylic acids is 2. The quantitative estimate of drug-likeness (QED) is 0.541. The van der Waals surface area contributed by atoms with Crippen LogP contribution in [0.2, 0.25) is 0 Å². The number of amides is 2. The zero-order valence-electron chi connectivity index (χ0n) is 17.9. The number of imide groups is 1. The van der Waals surface area contributed by atoms with Crippen LogP contribution in [-0.2, 0) is 16.1 Å². The Labute approximate surface area is 186 Å². The molecule has 6 heteroatoms. The van der Waals surface area contributed by atoms with Crippen molar-refractivity contribution in [1.29, 1.82) is 0 Å². The molecule has 0 fully saturated rings. The van der Waals surface area contributed by atoms with Crippen molar-refractivity contribution in [3.63, 3.8) is 0 Å². The number of rotatable bonds is 7. The van der Waals surface area contributed by atoms with Crippen molar-refractivity contribution in [3.8, 4) is 5.75 Å². The minimum absolute atomic E-state index is 0.149. The zero-order chi connectivity index (χ0) is 22.7. The van der Waals surface area contributed by atoms with Crippen molar-refractivity contribution in [2.45, 2.75) is 20.4 Å². The van der Waals surface area contributed by atoms with Gasteiger partial charge in [-0.3, -0.25) is 14.5 Å². The fraction of sp³-hybridized carbons (Fsp3) is 0.154. The molecule has 1 aliphatic rings. The van der Waals surface area contributed by atoms with Gasteiger partial charge in [0.1, 0.15) is 17.3 Å². The van der Waals surface area contributed by atoms with E-state index in [2.05, 4.69) is 5.32 Å². The maximum atomic E-state index is 14.2. The predicted octanol–water partition coefficient (Wildman–Crippen LogP) is 4.93. The van der Waals surface area contributed by atoms with E-state index in [1.165, 1.54) is 6.07 Å². The van der Waals surface area contributed by atoms with E-state index in [0.717, 1.165) is 10.5 Å². The first-order chi connectivity index (χ1) is 15.5. The van der Waals surface area contributed by atoms with Crippen LogP contribution < -0.4 is 10.1 Å². The molecule has 3 aromatic rings. The monoisotopic (exact) mass is 430 g/mol. The van der Waals surface area contributed by atoms with Gasteiger partial charge in [-0.1, -0.05) is 54.1 Å². The SMILES string of the molecule is CCOc1cccc(NC2=C(c3ccc(C)cc3)C(=O)N(Cc3ccccc3F)C2=O)c1. The van der Waals surface area contributed by atoms with Crippen molar-refractivity contribution >= 4 is 23.1 Å². The molecule has 1 heterocycles. The Morgan fingerprint density at radius 3 is 2.41 bits per heavy atom. The second kappa shape index (κ2) is 9.06. The molecule has 0 atom stereocenters. The molecule has 0 unspecified atom stereocenters. The summed E-state index contributed by atoms with van der Waals surface area (Å²) in [7, 11) is 0. The minimum Gasteiger partial charge on any atom is -0.494 e. The van der Waals surface area contributed by atoms with Gasteiger partial charge in [-0.25, -0.2) is 4.39 Å². The molecule has 1 aliphatic heterocycles. The summed E-state index contributed by atoms with van der Waals surface area (Å²) in [5.74, 6) is -0.785. The first kappa shape index (κ1) is 21.3. The van der Waals surface area contributed by atoms with Gasteiger partial charge in [0.15, 0.2) is 0 Å². The second-order valence-electron chi connectivity index (χ2n) is 7.49. The lowest BCUT2D eigenvalue weighted by Crippen LogP contribution is -2.32. The first-order valence-corrected chi connectivity index (χ1v) is 10.4. The summed E-state index contributed by atoms with van der Waals surface area (Å²) < 4.78 is 19.8. The van der Waals surface area contributed by atoms with Crippen LogP contribution in [0.4, 0.5) is 10.1 Å². The molecule has 0 saturated heterocycles. The number of halogens is 1. The molecule has 0 saturated carbocycles. The van der Waals surface area contributed by atoms with Crippen LogP contribution in [-0.4, -0.2) is 23.3 Å². The van der Waals surface area contributed by atoms with Crippen molar-refractivity contribution < 1.29 is 18.7 Å². The average Bonchev–Trinajstić information content (AvgIpc) is 3.01. The summed E-state index contributed by atoms with van der Waals surface area (Å²) in [4.78, 5) is 27.7. The lowest BCUT2D eigenvalue weighted by molar-refractivity contribution is -0.137. The summed E-state index contributed by atoms with van der Waals surface area (Å²) in [5, 5.41) is 3.11. The molecule has 4 rings (SSSR count). The number of hydrogen-bond acceptors (Lipinski definition) is 4. The minimum atomic E-state index is -0.504. The summed E-state index contributed by atoms with van der Waals surface area (Å²) in [6.07, 6.45) is 0. The van der Waals surface area contributed by atoms with Crippen LogP contribution >= 0.6 is 0 Å². The normalized spacial score (nSPS) is 13.7. The Hall–Kier alpha value is -3.93. The molecule has 3 aromatic carbocycles. The van der Waals surface area contributed by atoms with Gasteiger partial charge in [0.05, 0.1) is 18.7 Å². The fourth-order valence-electron chi connectivity index (χ4n) is 3.60. The Morgan fingerprint density at radius 2 is 1.69 bits per heavy atom. The first-order valence-electron chi connectivity index (χ1n) is 10.4. The highest BCUT2D eigenvalue weighted by atomic mass is 19.1. The van der Waals surface area contributed by atoms with Gasteiger partial charge in [-0.05, 0) is 37.6 Å². The fourth-order valence-corrected chi connectivity index (χ4v) is 3.60. The number of nitrogens with one attached hydrogen (secondary N) is 1. The molecule has 32 heavy (non-hydrogen) atoms. The third-order valence-corrected chi connectivity index (χ3v) is 5.21.